The van der Waals surface area contributed by atoms with Crippen molar-refractivity contribution in [3.05, 3.63) is 59.1 Å². The molecular weight excluding hydrogens is 696 g/mol. The largest absolute Gasteiger partial charge is 0.391 e. The fourth-order valence-electron chi connectivity index (χ4n) is 4.84. The first-order valence-electron chi connectivity index (χ1n) is 16.9. The van der Waals surface area contributed by atoms with Gasteiger partial charge in [-0.25, -0.2) is 0 Å². The van der Waals surface area contributed by atoms with Crippen molar-refractivity contribution in [2.24, 2.45) is 11.5 Å². The minimum atomic E-state index is -1.56. The summed E-state index contributed by atoms with van der Waals surface area (Å²) in [7, 11) is 0. The summed E-state index contributed by atoms with van der Waals surface area (Å²) in [4.78, 5) is 89.5. The minimum absolute atomic E-state index is 0.141. The zero-order chi connectivity index (χ0) is 39.0. The molecule has 11 N–H and O–H groups in total. The second-order valence-corrected chi connectivity index (χ2v) is 12.5. The van der Waals surface area contributed by atoms with Gasteiger partial charge in [0.25, 0.3) is 11.8 Å². The fraction of sp³-hybridized carbons (Fsp3) is 0.457. The standard InChI is InChI=1S/C35H49ClN8O8/c1-5-39-35(52)29(46)19(2)40-32(49)26(8-6-7-17-37)42-30(47)20(3)41-34(51)28(21(4)45)44-33(50)27(18-38)43-31(48)24-11-9-22(10-12-24)23-13-15-25(36)16-14-23/h9-16,19-21,26-28,45H,5-8,17-18,37-38H2,1-4H3,(H,39,52)(H,40,49)(H,41,51)(H,42,47)(H,43,48)(H,44,50)/t19-,20-,21+,26-,27-,28-/m0/s1. The highest BCUT2D eigenvalue weighted by Crippen LogP contribution is 2.22. The minimum Gasteiger partial charge on any atom is -0.391 e. The number of aliphatic hydroxyl groups is 1. The molecule has 2 rings (SSSR count). The Morgan fingerprint density at radius 1 is 0.692 bits per heavy atom. The molecule has 0 radical (unpaired) electrons. The van der Waals surface area contributed by atoms with Crippen LogP contribution < -0.4 is 43.4 Å². The second kappa shape index (κ2) is 21.5. The monoisotopic (exact) mass is 744 g/mol. The van der Waals surface area contributed by atoms with E-state index in [-0.39, 0.29) is 25.1 Å². The number of unbranched alkanes of at least 4 members (excludes halogenated alkanes) is 1. The number of rotatable bonds is 20. The summed E-state index contributed by atoms with van der Waals surface area (Å²) < 4.78 is 0. The highest BCUT2D eigenvalue weighted by Gasteiger charge is 2.32. The quantitative estimate of drug-likeness (QED) is 0.0606. The molecule has 0 fully saturated rings. The number of amides is 6. The first kappa shape index (κ1) is 43.3. The predicted molar refractivity (Wildman–Crippen MR) is 195 cm³/mol. The van der Waals surface area contributed by atoms with Gasteiger partial charge >= 0.3 is 0 Å². The summed E-state index contributed by atoms with van der Waals surface area (Å²) in [6, 6.07) is 7.33. The first-order chi connectivity index (χ1) is 24.6. The maximum absolute atomic E-state index is 13.2. The third kappa shape index (κ3) is 13.3. The van der Waals surface area contributed by atoms with Gasteiger partial charge in [-0.3, -0.25) is 33.6 Å². The van der Waals surface area contributed by atoms with Gasteiger partial charge in [-0.1, -0.05) is 35.9 Å². The van der Waals surface area contributed by atoms with Gasteiger partial charge in [0.2, 0.25) is 29.4 Å². The zero-order valence-electron chi connectivity index (χ0n) is 29.7. The Morgan fingerprint density at radius 3 is 1.79 bits per heavy atom. The number of hydrogen-bond acceptors (Lipinski definition) is 10. The number of benzene rings is 2. The average molecular weight is 745 g/mol. The van der Waals surface area contributed by atoms with Crippen molar-refractivity contribution in [2.45, 2.75) is 83.3 Å². The number of carbonyl (C=O) groups is 7. The normalized spacial score (nSPS) is 14.3. The molecule has 16 nitrogen and oxygen atoms in total. The Hall–Kier alpha value is -4.90. The number of likely N-dealkylation sites (N-methyl/N-ethyl adjacent to an activating group) is 1. The molecule has 0 spiro atoms. The van der Waals surface area contributed by atoms with E-state index in [1.807, 2.05) is 12.1 Å². The predicted octanol–water partition coefficient (Wildman–Crippen LogP) is -0.742. The molecule has 0 aromatic heterocycles. The lowest BCUT2D eigenvalue weighted by Gasteiger charge is -2.26. The van der Waals surface area contributed by atoms with Crippen LogP contribution in [-0.4, -0.2) is 102 Å². The van der Waals surface area contributed by atoms with Gasteiger partial charge in [-0.2, -0.15) is 0 Å². The van der Waals surface area contributed by atoms with Crippen LogP contribution in [0.2, 0.25) is 5.02 Å². The van der Waals surface area contributed by atoms with Crippen LogP contribution in [0.1, 0.15) is 57.3 Å². The van der Waals surface area contributed by atoms with Crippen LogP contribution >= 0.6 is 11.6 Å². The van der Waals surface area contributed by atoms with E-state index in [4.69, 9.17) is 23.1 Å². The molecule has 0 saturated heterocycles. The average Bonchev–Trinajstić information content (AvgIpc) is 3.11. The van der Waals surface area contributed by atoms with E-state index in [0.29, 0.717) is 24.4 Å². The second-order valence-electron chi connectivity index (χ2n) is 12.1. The summed E-state index contributed by atoms with van der Waals surface area (Å²) in [6.07, 6.45) is -0.316. The lowest BCUT2D eigenvalue weighted by molar-refractivity contribution is -0.140. The SMILES string of the molecule is CCNC(=O)C(=O)[C@H](C)NC(=O)[C@H](CCCCN)NC(=O)[C@H](C)NC(=O)[C@@H](NC(=O)[C@H](CN)NC(=O)c1ccc(-c2ccc(Cl)cc2)cc1)[C@@H](C)O. The molecule has 6 atom stereocenters. The van der Waals surface area contributed by atoms with Gasteiger partial charge in [0.05, 0.1) is 12.1 Å². The van der Waals surface area contributed by atoms with Gasteiger partial charge in [-0.15, -0.1) is 0 Å². The molecule has 0 bridgehead atoms. The summed E-state index contributed by atoms with van der Waals surface area (Å²) in [5.41, 5.74) is 13.3. The fourth-order valence-corrected chi connectivity index (χ4v) is 4.97. The Labute approximate surface area is 307 Å². The number of nitrogens with one attached hydrogen (secondary N) is 6. The van der Waals surface area contributed by atoms with E-state index < -0.39 is 77.5 Å². The van der Waals surface area contributed by atoms with Crippen LogP contribution in [0.25, 0.3) is 11.1 Å². The Kier molecular flexibility index (Phi) is 17.9. The number of ketones is 1. The summed E-state index contributed by atoms with van der Waals surface area (Å²) in [6.45, 7) is 5.76. The smallest absolute Gasteiger partial charge is 0.289 e. The van der Waals surface area contributed by atoms with E-state index in [2.05, 4.69) is 31.9 Å². The third-order valence-corrected chi connectivity index (χ3v) is 8.14. The Morgan fingerprint density at radius 2 is 1.25 bits per heavy atom. The van der Waals surface area contributed by atoms with Gasteiger partial charge in [0.15, 0.2) is 0 Å². The van der Waals surface area contributed by atoms with Gasteiger partial charge < -0.3 is 48.5 Å². The molecule has 0 heterocycles. The van der Waals surface area contributed by atoms with Crippen molar-refractivity contribution in [3.8, 4) is 11.1 Å². The first-order valence-corrected chi connectivity index (χ1v) is 17.3. The molecule has 0 aliphatic rings. The molecule has 52 heavy (non-hydrogen) atoms. The highest BCUT2D eigenvalue weighted by molar-refractivity contribution is 6.38. The van der Waals surface area contributed by atoms with Crippen molar-refractivity contribution in [2.75, 3.05) is 19.6 Å². The lowest BCUT2D eigenvalue weighted by Crippen LogP contribution is -2.61. The maximum atomic E-state index is 13.2. The molecule has 0 saturated carbocycles. The van der Waals surface area contributed by atoms with Gasteiger partial charge in [-0.05, 0) is 88.9 Å². The number of hydrogen-bond donors (Lipinski definition) is 9. The van der Waals surface area contributed by atoms with Crippen molar-refractivity contribution in [1.82, 2.24) is 31.9 Å². The zero-order valence-corrected chi connectivity index (χ0v) is 30.4. The molecule has 6 amide bonds. The van der Waals surface area contributed by atoms with Crippen LogP contribution in [0.15, 0.2) is 48.5 Å². The molecule has 0 unspecified atom stereocenters. The van der Waals surface area contributed by atoms with E-state index >= 15 is 0 Å². The van der Waals surface area contributed by atoms with Crippen LogP contribution in [-0.2, 0) is 28.8 Å². The summed E-state index contributed by atoms with van der Waals surface area (Å²) >= 11 is 5.95. The van der Waals surface area contributed by atoms with E-state index in [1.165, 1.54) is 20.8 Å². The van der Waals surface area contributed by atoms with Crippen LogP contribution in [0, 0.1) is 0 Å². The van der Waals surface area contributed by atoms with Gasteiger partial charge in [0, 0.05) is 23.7 Å². The van der Waals surface area contributed by atoms with E-state index in [0.717, 1.165) is 11.1 Å². The molecule has 0 aliphatic heterocycles. The molecule has 17 heteroatoms. The van der Waals surface area contributed by atoms with Crippen molar-refractivity contribution >= 4 is 52.8 Å². The van der Waals surface area contributed by atoms with Crippen molar-refractivity contribution in [1.29, 1.82) is 0 Å². The van der Waals surface area contributed by atoms with E-state index in [1.54, 1.807) is 43.3 Å². The molecular formula is C35H49ClN8O8. The lowest BCUT2D eigenvalue weighted by atomic mass is 10.0. The number of carbonyl (C=O) groups excluding carboxylic acids is 7. The van der Waals surface area contributed by atoms with E-state index in [9.17, 15) is 38.7 Å². The number of nitrogens with two attached hydrogens (primary N) is 2. The van der Waals surface area contributed by atoms with Crippen molar-refractivity contribution in [3.63, 3.8) is 0 Å². The van der Waals surface area contributed by atoms with Crippen molar-refractivity contribution < 1.29 is 38.7 Å². The summed E-state index contributed by atoms with van der Waals surface area (Å²) in [5, 5.41) is 25.5. The summed E-state index contributed by atoms with van der Waals surface area (Å²) in [5.74, 6) is -5.64. The third-order valence-electron chi connectivity index (χ3n) is 7.89. The maximum Gasteiger partial charge on any atom is 0.289 e. The molecule has 2 aromatic rings. The highest BCUT2D eigenvalue weighted by atomic mass is 35.5. The molecule has 2 aromatic carbocycles. The number of Topliss-reactive ketones (excluding diaryl/α,β-unsaturated/α-hetero) is 1. The Balaban J connectivity index is 2.04. The topological polar surface area (TPSA) is 264 Å². The van der Waals surface area contributed by atoms with Crippen LogP contribution in [0.5, 0.6) is 0 Å². The molecule has 284 valence electrons. The van der Waals surface area contributed by atoms with Gasteiger partial charge in [0.1, 0.15) is 24.2 Å². The number of aliphatic hydroxyl groups excluding tert-OH is 1. The Bertz CT molecular complexity index is 1550. The number of halogens is 1. The van der Waals surface area contributed by atoms with Crippen LogP contribution in [0.3, 0.4) is 0 Å². The van der Waals surface area contributed by atoms with Crippen LogP contribution in [0.4, 0.5) is 0 Å². The molecule has 0 aliphatic carbocycles.